The second-order valence-corrected chi connectivity index (χ2v) is 7.99. The van der Waals surface area contributed by atoms with Crippen LogP contribution in [-0.4, -0.2) is 15.9 Å². The van der Waals surface area contributed by atoms with Crippen LogP contribution in [-0.2, 0) is 6.54 Å². The number of anilines is 2. The van der Waals surface area contributed by atoms with Crippen LogP contribution in [0, 0.1) is 17.1 Å². The molecule has 36 heavy (non-hydrogen) atoms. The van der Waals surface area contributed by atoms with Gasteiger partial charge in [0.2, 0.25) is 0 Å². The van der Waals surface area contributed by atoms with Crippen LogP contribution in [0.15, 0.2) is 79.1 Å². The summed E-state index contributed by atoms with van der Waals surface area (Å²) < 4.78 is 19.0. The van der Waals surface area contributed by atoms with Gasteiger partial charge in [-0.15, -0.1) is 0 Å². The molecule has 0 radical (unpaired) electrons. The standard InChI is InChI=1S/C27H23FN6O2/c1-17(20-4-6-21(28)7-5-20)34-27(35)24-12-19(14-29)16-33-26(24)32-15-18-2-8-22(9-3-18)36-23-10-11-31-25(30)13-23/h2-13,16-17H,15H2,1H3,(H2,30,31)(H,32,33)(H,34,35)/t17-/m0/s1. The number of pyridine rings is 2. The van der Waals surface area contributed by atoms with Crippen molar-refractivity contribution in [2.75, 3.05) is 11.1 Å². The van der Waals surface area contributed by atoms with Crippen molar-refractivity contribution < 1.29 is 13.9 Å². The van der Waals surface area contributed by atoms with Gasteiger partial charge in [-0.25, -0.2) is 14.4 Å². The molecule has 4 aromatic rings. The maximum absolute atomic E-state index is 13.2. The zero-order chi connectivity index (χ0) is 25.5. The number of nitrogens with two attached hydrogens (primary N) is 1. The van der Waals surface area contributed by atoms with Gasteiger partial charge in [-0.2, -0.15) is 5.26 Å². The third kappa shape index (κ3) is 6.12. The monoisotopic (exact) mass is 482 g/mol. The summed E-state index contributed by atoms with van der Waals surface area (Å²) >= 11 is 0. The largest absolute Gasteiger partial charge is 0.457 e. The molecular formula is C27H23FN6O2. The van der Waals surface area contributed by atoms with Gasteiger partial charge in [0.05, 0.1) is 17.2 Å². The van der Waals surface area contributed by atoms with Crippen molar-refractivity contribution >= 4 is 17.5 Å². The lowest BCUT2D eigenvalue weighted by atomic mass is 10.1. The Balaban J connectivity index is 1.44. The van der Waals surface area contributed by atoms with E-state index in [1.54, 1.807) is 37.4 Å². The number of nitriles is 1. The molecule has 0 aliphatic carbocycles. The number of amides is 1. The van der Waals surface area contributed by atoms with E-state index >= 15 is 0 Å². The Labute approximate surface area is 207 Å². The Morgan fingerprint density at radius 3 is 2.53 bits per heavy atom. The Morgan fingerprint density at radius 1 is 1.08 bits per heavy atom. The molecule has 0 spiro atoms. The number of benzene rings is 2. The zero-order valence-corrected chi connectivity index (χ0v) is 19.4. The second kappa shape index (κ2) is 11.0. The van der Waals surface area contributed by atoms with Crippen LogP contribution >= 0.6 is 0 Å². The fourth-order valence-electron chi connectivity index (χ4n) is 3.44. The van der Waals surface area contributed by atoms with E-state index in [9.17, 15) is 14.4 Å². The first kappa shape index (κ1) is 24.2. The van der Waals surface area contributed by atoms with Crippen molar-refractivity contribution in [3.8, 4) is 17.6 Å². The molecule has 2 aromatic heterocycles. The van der Waals surface area contributed by atoms with Gasteiger partial charge in [0, 0.05) is 25.0 Å². The molecule has 0 aliphatic rings. The first-order valence-corrected chi connectivity index (χ1v) is 11.1. The Morgan fingerprint density at radius 2 is 1.83 bits per heavy atom. The van der Waals surface area contributed by atoms with Gasteiger partial charge in [-0.05, 0) is 54.4 Å². The quantitative estimate of drug-likeness (QED) is 0.324. The van der Waals surface area contributed by atoms with Crippen LogP contribution in [0.25, 0.3) is 0 Å². The number of nitrogens with zero attached hydrogens (tertiary/aromatic N) is 3. The van der Waals surface area contributed by atoms with Crippen LogP contribution in [0.3, 0.4) is 0 Å². The van der Waals surface area contributed by atoms with E-state index in [2.05, 4.69) is 20.6 Å². The Hall–Kier alpha value is -4.97. The maximum Gasteiger partial charge on any atom is 0.255 e. The molecular weight excluding hydrogens is 459 g/mol. The summed E-state index contributed by atoms with van der Waals surface area (Å²) in [4.78, 5) is 21.2. The topological polar surface area (TPSA) is 126 Å². The zero-order valence-electron chi connectivity index (χ0n) is 19.4. The molecule has 2 aromatic carbocycles. The van der Waals surface area contributed by atoms with Crippen molar-refractivity contribution in [1.29, 1.82) is 5.26 Å². The minimum Gasteiger partial charge on any atom is -0.457 e. The van der Waals surface area contributed by atoms with Gasteiger partial charge in [0.1, 0.15) is 35.0 Å². The van der Waals surface area contributed by atoms with E-state index < -0.39 is 5.91 Å². The first-order valence-electron chi connectivity index (χ1n) is 11.1. The number of ether oxygens (including phenoxy) is 1. The molecule has 0 bridgehead atoms. The van der Waals surface area contributed by atoms with Crippen molar-refractivity contribution in [2.45, 2.75) is 19.5 Å². The molecule has 0 saturated carbocycles. The van der Waals surface area contributed by atoms with E-state index in [1.807, 2.05) is 30.3 Å². The lowest BCUT2D eigenvalue weighted by Crippen LogP contribution is -2.28. The summed E-state index contributed by atoms with van der Waals surface area (Å²) in [6.45, 7) is 2.18. The van der Waals surface area contributed by atoms with E-state index in [-0.39, 0.29) is 23.0 Å². The molecule has 2 heterocycles. The number of nitrogen functional groups attached to an aromatic ring is 1. The molecule has 0 unspecified atom stereocenters. The lowest BCUT2D eigenvalue weighted by Gasteiger charge is -2.16. The highest BCUT2D eigenvalue weighted by Crippen LogP contribution is 2.23. The highest BCUT2D eigenvalue weighted by molar-refractivity contribution is 5.99. The van der Waals surface area contributed by atoms with E-state index in [0.717, 1.165) is 11.1 Å². The normalized spacial score (nSPS) is 11.2. The summed E-state index contributed by atoms with van der Waals surface area (Å²) in [5, 5.41) is 15.3. The van der Waals surface area contributed by atoms with Crippen LogP contribution in [0.2, 0.25) is 0 Å². The summed E-state index contributed by atoms with van der Waals surface area (Å²) in [5.74, 6) is 1.17. The van der Waals surface area contributed by atoms with Crippen LogP contribution in [0.4, 0.5) is 16.0 Å². The Bertz CT molecular complexity index is 1400. The van der Waals surface area contributed by atoms with Crippen LogP contribution < -0.4 is 21.1 Å². The van der Waals surface area contributed by atoms with Gasteiger partial charge in [0.25, 0.3) is 5.91 Å². The molecule has 9 heteroatoms. The summed E-state index contributed by atoms with van der Waals surface area (Å²) in [5.41, 5.74) is 7.85. The number of hydrogen-bond acceptors (Lipinski definition) is 7. The fraction of sp³-hybridized carbons (Fsp3) is 0.111. The second-order valence-electron chi connectivity index (χ2n) is 7.99. The maximum atomic E-state index is 13.2. The summed E-state index contributed by atoms with van der Waals surface area (Å²) in [6.07, 6.45) is 2.97. The van der Waals surface area contributed by atoms with Gasteiger partial charge in [-0.1, -0.05) is 24.3 Å². The highest BCUT2D eigenvalue weighted by atomic mass is 19.1. The number of carbonyl (C=O) groups is 1. The number of aromatic nitrogens is 2. The number of carbonyl (C=O) groups excluding carboxylic acids is 1. The molecule has 0 aliphatic heterocycles. The van der Waals surface area contributed by atoms with Crippen molar-refractivity contribution in [1.82, 2.24) is 15.3 Å². The summed E-state index contributed by atoms with van der Waals surface area (Å²) in [7, 11) is 0. The predicted octanol–water partition coefficient (Wildman–Crippen LogP) is 4.96. The van der Waals surface area contributed by atoms with E-state index in [0.29, 0.717) is 29.7 Å². The van der Waals surface area contributed by atoms with Gasteiger partial charge >= 0.3 is 0 Å². The lowest BCUT2D eigenvalue weighted by molar-refractivity contribution is 0.0940. The average molecular weight is 483 g/mol. The van der Waals surface area contributed by atoms with Crippen LogP contribution in [0.1, 0.15) is 40.0 Å². The summed E-state index contributed by atoms with van der Waals surface area (Å²) in [6, 6.07) is 19.8. The number of nitrogens with one attached hydrogen (secondary N) is 2. The molecule has 1 atom stereocenters. The van der Waals surface area contributed by atoms with Gasteiger partial charge in [-0.3, -0.25) is 4.79 Å². The number of hydrogen-bond donors (Lipinski definition) is 3. The first-order chi connectivity index (χ1) is 17.4. The van der Waals surface area contributed by atoms with E-state index in [4.69, 9.17) is 10.5 Å². The van der Waals surface area contributed by atoms with Crippen LogP contribution in [0.5, 0.6) is 11.5 Å². The molecule has 1 amide bonds. The third-order valence-corrected chi connectivity index (χ3v) is 5.35. The molecule has 180 valence electrons. The average Bonchev–Trinajstić information content (AvgIpc) is 2.88. The van der Waals surface area contributed by atoms with Gasteiger partial charge in [0.15, 0.2) is 0 Å². The molecule has 4 N–H and O–H groups in total. The van der Waals surface area contributed by atoms with Gasteiger partial charge < -0.3 is 21.1 Å². The Kier molecular flexibility index (Phi) is 7.36. The minimum absolute atomic E-state index is 0.234. The van der Waals surface area contributed by atoms with Crippen molar-refractivity contribution in [3.05, 3.63) is 107 Å². The van der Waals surface area contributed by atoms with Crippen molar-refractivity contribution in [3.63, 3.8) is 0 Å². The van der Waals surface area contributed by atoms with Crippen molar-refractivity contribution in [2.24, 2.45) is 0 Å². The highest BCUT2D eigenvalue weighted by Gasteiger charge is 2.17. The fourth-order valence-corrected chi connectivity index (χ4v) is 3.44. The SMILES string of the molecule is C[C@H](NC(=O)c1cc(C#N)cnc1NCc1ccc(Oc2ccnc(N)c2)cc1)c1ccc(F)cc1. The minimum atomic E-state index is -0.403. The molecule has 0 fully saturated rings. The predicted molar refractivity (Wildman–Crippen MR) is 134 cm³/mol. The molecule has 0 saturated heterocycles. The van der Waals surface area contributed by atoms with E-state index in [1.165, 1.54) is 24.4 Å². The number of rotatable bonds is 8. The molecule has 4 rings (SSSR count). The number of halogens is 1. The molecule has 8 nitrogen and oxygen atoms in total. The third-order valence-electron chi connectivity index (χ3n) is 5.35. The smallest absolute Gasteiger partial charge is 0.255 e.